The molecule has 0 saturated carbocycles. The van der Waals surface area contributed by atoms with Crippen LogP contribution in [0.4, 0.5) is 13.2 Å². The molecule has 1 aromatic heterocycles. The Labute approximate surface area is 219 Å². The van der Waals surface area contributed by atoms with E-state index in [0.717, 1.165) is 21.0 Å². The highest BCUT2D eigenvalue weighted by atomic mass is 19.4. The number of carbonyl (C=O) groups excluding carboxylic acids is 1. The maximum Gasteiger partial charge on any atom is 0.406 e. The number of amides is 1. The van der Waals surface area contributed by atoms with Gasteiger partial charge in [0, 0.05) is 35.5 Å². The number of halogens is 3. The minimum Gasteiger partial charge on any atom is -0.496 e. The Morgan fingerprint density at radius 1 is 1.16 bits per heavy atom. The Hall–Kier alpha value is -3.99. The van der Waals surface area contributed by atoms with Crippen molar-refractivity contribution in [3.05, 3.63) is 72.6 Å². The van der Waals surface area contributed by atoms with Gasteiger partial charge in [0.1, 0.15) is 18.3 Å². The molecule has 1 amide bonds. The van der Waals surface area contributed by atoms with Crippen molar-refractivity contribution in [3.63, 3.8) is 0 Å². The third-order valence-corrected chi connectivity index (χ3v) is 6.71. The first-order valence-corrected chi connectivity index (χ1v) is 12.0. The summed E-state index contributed by atoms with van der Waals surface area (Å²) >= 11 is 0. The molecule has 38 heavy (non-hydrogen) atoms. The van der Waals surface area contributed by atoms with E-state index in [1.165, 1.54) is 20.4 Å². The van der Waals surface area contributed by atoms with E-state index in [2.05, 4.69) is 4.98 Å². The topological polar surface area (TPSA) is 107 Å². The van der Waals surface area contributed by atoms with Gasteiger partial charge in [-0.25, -0.2) is 10.8 Å². The lowest BCUT2D eigenvalue weighted by atomic mass is 9.90. The zero-order chi connectivity index (χ0) is 27.4. The van der Waals surface area contributed by atoms with Crippen molar-refractivity contribution in [2.24, 2.45) is 17.5 Å². The number of likely N-dealkylation sites (tertiary alicyclic amines) is 1. The zero-order valence-corrected chi connectivity index (χ0v) is 21.1. The number of allylic oxidation sites excluding steroid dienone is 2. The summed E-state index contributed by atoms with van der Waals surface area (Å²) in [7, 11) is 3.05. The summed E-state index contributed by atoms with van der Waals surface area (Å²) in [6.45, 7) is -1.35. The maximum atomic E-state index is 13.4. The molecule has 3 atom stereocenters. The third kappa shape index (κ3) is 5.94. The Kier molecular flexibility index (Phi) is 7.96. The van der Waals surface area contributed by atoms with Gasteiger partial charge < -0.3 is 25.1 Å². The molecule has 1 aliphatic heterocycles. The number of hydrazine groups is 1. The Morgan fingerprint density at radius 2 is 1.92 bits per heavy atom. The molecule has 0 spiro atoms. The number of methoxy groups -OCH3 is 2. The highest BCUT2D eigenvalue weighted by molar-refractivity contribution is 5.83. The molecule has 0 radical (unpaired) electrons. The second-order valence-corrected chi connectivity index (χ2v) is 9.13. The first-order chi connectivity index (χ1) is 18.1. The molecule has 3 unspecified atom stereocenters. The fourth-order valence-electron chi connectivity index (χ4n) is 4.83. The van der Waals surface area contributed by atoms with Crippen molar-refractivity contribution < 1.29 is 27.4 Å². The summed E-state index contributed by atoms with van der Waals surface area (Å²) in [6, 6.07) is 7.19. The second kappa shape index (κ2) is 11.2. The number of hydrogen-bond donors (Lipinski definition) is 2. The molecule has 1 aliphatic carbocycles. The summed E-state index contributed by atoms with van der Waals surface area (Å²) in [6.07, 6.45) is 6.14. The van der Waals surface area contributed by atoms with Gasteiger partial charge in [-0.3, -0.25) is 4.79 Å². The average molecular weight is 530 g/mol. The van der Waals surface area contributed by atoms with Gasteiger partial charge in [0.25, 0.3) is 0 Å². The predicted octanol–water partition coefficient (Wildman–Crippen LogP) is 3.86. The van der Waals surface area contributed by atoms with E-state index < -0.39 is 30.7 Å². The Bertz CT molecular complexity index is 1260. The number of carbonyl (C=O) groups is 1. The lowest BCUT2D eigenvalue weighted by Gasteiger charge is -2.35. The number of nitrogens with two attached hydrogens (primary N) is 2. The van der Waals surface area contributed by atoms with Gasteiger partial charge in [-0.05, 0) is 36.6 Å². The normalized spacial score (nSPS) is 21.6. The van der Waals surface area contributed by atoms with E-state index in [1.807, 2.05) is 18.2 Å². The number of nitrogens with zero attached hydrogens (tertiary/aromatic N) is 3. The number of alkyl halides is 3. The van der Waals surface area contributed by atoms with Crippen LogP contribution in [0.25, 0.3) is 16.8 Å². The second-order valence-electron chi connectivity index (χ2n) is 9.13. The largest absolute Gasteiger partial charge is 0.496 e. The number of benzene rings is 1. The van der Waals surface area contributed by atoms with Crippen molar-refractivity contribution in [2.75, 3.05) is 20.8 Å². The fourth-order valence-corrected chi connectivity index (χ4v) is 4.83. The van der Waals surface area contributed by atoms with Crippen molar-refractivity contribution in [2.45, 2.75) is 31.1 Å². The van der Waals surface area contributed by atoms with Crippen LogP contribution >= 0.6 is 0 Å². The van der Waals surface area contributed by atoms with Crippen LogP contribution in [0.15, 0.2) is 67.0 Å². The van der Waals surface area contributed by atoms with Gasteiger partial charge in [0.05, 0.1) is 26.0 Å². The Morgan fingerprint density at radius 3 is 2.63 bits per heavy atom. The first-order valence-electron chi connectivity index (χ1n) is 12.0. The number of hydrogen-bond acceptors (Lipinski definition) is 7. The lowest BCUT2D eigenvalue weighted by Crippen LogP contribution is -2.54. The van der Waals surface area contributed by atoms with Crippen molar-refractivity contribution >= 4 is 11.6 Å². The predicted molar refractivity (Wildman–Crippen MR) is 137 cm³/mol. The minimum atomic E-state index is -4.55. The Balaban J connectivity index is 1.60. The molecule has 2 aliphatic rings. The van der Waals surface area contributed by atoms with Crippen LogP contribution in [0.2, 0.25) is 0 Å². The monoisotopic (exact) mass is 529 g/mol. The molecule has 1 aromatic carbocycles. The van der Waals surface area contributed by atoms with Gasteiger partial charge in [0.2, 0.25) is 11.8 Å². The van der Waals surface area contributed by atoms with Gasteiger partial charge in [-0.15, -0.1) is 0 Å². The average Bonchev–Trinajstić information content (AvgIpc) is 3.03. The molecule has 11 heteroatoms. The van der Waals surface area contributed by atoms with Gasteiger partial charge >= 0.3 is 6.18 Å². The number of rotatable bonds is 7. The summed E-state index contributed by atoms with van der Waals surface area (Å²) in [5, 5.41) is 1.11. The van der Waals surface area contributed by atoms with E-state index >= 15 is 0 Å². The van der Waals surface area contributed by atoms with E-state index in [0.29, 0.717) is 23.6 Å². The summed E-state index contributed by atoms with van der Waals surface area (Å²) in [5.74, 6) is 6.30. The molecule has 8 nitrogen and oxygen atoms in total. The summed E-state index contributed by atoms with van der Waals surface area (Å²) in [5.41, 5.74) is 8.71. The van der Waals surface area contributed by atoms with Crippen molar-refractivity contribution in [1.29, 1.82) is 0 Å². The lowest BCUT2D eigenvalue weighted by molar-refractivity contribution is -0.166. The number of ether oxygens (including phenoxy) is 2. The molecule has 0 bridgehead atoms. The van der Waals surface area contributed by atoms with Crippen LogP contribution in [0.5, 0.6) is 11.6 Å². The SMILES string of the molecule is COc1cc(-c2ccc(/C(N)=C/N(N)C3CCC4C=CC=CC4N(CC(F)(F)F)C3=O)cc2OC)ccn1. The number of aromatic nitrogens is 1. The molecule has 1 fully saturated rings. The first kappa shape index (κ1) is 27.1. The number of fused-ring (bicyclic) bond motifs is 1. The minimum absolute atomic E-state index is 0.223. The quantitative estimate of drug-likeness (QED) is 0.414. The highest BCUT2D eigenvalue weighted by Gasteiger charge is 2.43. The van der Waals surface area contributed by atoms with E-state index in [1.54, 1.807) is 42.6 Å². The highest BCUT2D eigenvalue weighted by Crippen LogP contribution is 2.34. The van der Waals surface area contributed by atoms with Crippen LogP contribution in [-0.2, 0) is 4.79 Å². The molecule has 4 N–H and O–H groups in total. The molecule has 2 aromatic rings. The van der Waals surface area contributed by atoms with Crippen molar-refractivity contribution in [1.82, 2.24) is 14.9 Å². The van der Waals surface area contributed by atoms with Crippen LogP contribution in [-0.4, -0.2) is 59.8 Å². The molecular formula is C27H30F3N5O3. The summed E-state index contributed by atoms with van der Waals surface area (Å²) < 4.78 is 51.0. The maximum absolute atomic E-state index is 13.4. The molecule has 1 saturated heterocycles. The standard InChI is InChI=1S/C27H30F3N5O3/c1-37-24-13-19(7-9-20(24)18-11-12-33-25(14-18)38-2)21(31)15-35(32)23-10-8-17-5-3-4-6-22(17)34(26(23)36)16-27(28,29)30/h3-7,9,11-15,17,22-23H,8,10,16,31-32H2,1-2H3/b21-15-. The molecule has 2 heterocycles. The van der Waals surface area contributed by atoms with E-state index in [-0.39, 0.29) is 18.0 Å². The smallest absolute Gasteiger partial charge is 0.406 e. The van der Waals surface area contributed by atoms with E-state index in [9.17, 15) is 18.0 Å². The van der Waals surface area contributed by atoms with Crippen molar-refractivity contribution in [3.8, 4) is 22.8 Å². The van der Waals surface area contributed by atoms with Gasteiger partial charge in [-0.2, -0.15) is 13.2 Å². The van der Waals surface area contributed by atoms with Gasteiger partial charge in [0.15, 0.2) is 0 Å². The molecule has 202 valence electrons. The summed E-state index contributed by atoms with van der Waals surface area (Å²) in [4.78, 5) is 18.3. The number of pyridine rings is 1. The van der Waals surface area contributed by atoms with Gasteiger partial charge in [-0.1, -0.05) is 30.4 Å². The fraction of sp³-hybridized carbons (Fsp3) is 0.333. The van der Waals surface area contributed by atoms with Crippen LogP contribution in [0.1, 0.15) is 18.4 Å². The van der Waals surface area contributed by atoms with Crippen LogP contribution in [0, 0.1) is 5.92 Å². The molecular weight excluding hydrogens is 499 g/mol. The third-order valence-electron chi connectivity index (χ3n) is 6.71. The molecule has 4 rings (SSSR count). The van der Waals surface area contributed by atoms with Crippen LogP contribution < -0.4 is 21.1 Å². The van der Waals surface area contributed by atoms with E-state index in [4.69, 9.17) is 21.1 Å². The zero-order valence-electron chi connectivity index (χ0n) is 21.1. The van der Waals surface area contributed by atoms with Crippen LogP contribution in [0.3, 0.4) is 0 Å².